The first kappa shape index (κ1) is 9.58. The van der Waals surface area contributed by atoms with E-state index >= 15 is 0 Å². The van der Waals surface area contributed by atoms with Gasteiger partial charge in [0, 0.05) is 11.6 Å². The van der Waals surface area contributed by atoms with Crippen LogP contribution < -0.4 is 0 Å². The quantitative estimate of drug-likeness (QED) is 0.602. The largest absolute Gasteiger partial charge is 0.302 e. The van der Waals surface area contributed by atoms with E-state index in [0.29, 0.717) is 15.4 Å². The third kappa shape index (κ3) is 1.64. The van der Waals surface area contributed by atoms with Crippen molar-refractivity contribution in [2.45, 2.75) is 4.90 Å². The van der Waals surface area contributed by atoms with Gasteiger partial charge in [-0.2, -0.15) is 0 Å². The van der Waals surface area contributed by atoms with Gasteiger partial charge in [0.05, 0.1) is 4.90 Å². The van der Waals surface area contributed by atoms with Crippen molar-refractivity contribution in [3.8, 4) is 0 Å². The molecular weight excluding hydrogens is 222 g/mol. The molecule has 1 N–H and O–H groups in total. The Morgan fingerprint density at radius 2 is 2.14 bits per heavy atom. The fraction of sp³-hybridized carbons (Fsp3) is 0. The lowest BCUT2D eigenvalue weighted by atomic mass is 10.2. The lowest BCUT2D eigenvalue weighted by molar-refractivity contribution is 0.564. The van der Waals surface area contributed by atoms with Crippen LogP contribution >= 0.6 is 11.6 Å². The molecule has 14 heavy (non-hydrogen) atoms. The van der Waals surface area contributed by atoms with Gasteiger partial charge < -0.3 is 4.55 Å². The maximum atomic E-state index is 10.8. The standard InChI is InChI=1S/C9H6ClNO2S/c10-9-8-5-7(14(12)13)2-1-6(8)3-4-11-9/h1-5H,(H,12,13). The number of benzene rings is 1. The van der Waals surface area contributed by atoms with Crippen LogP contribution in [0.25, 0.3) is 10.8 Å². The van der Waals surface area contributed by atoms with E-state index in [-0.39, 0.29) is 0 Å². The van der Waals surface area contributed by atoms with Gasteiger partial charge in [-0.25, -0.2) is 9.19 Å². The van der Waals surface area contributed by atoms with Crippen LogP contribution in [0.1, 0.15) is 0 Å². The van der Waals surface area contributed by atoms with E-state index in [1.165, 1.54) is 0 Å². The molecule has 1 unspecified atom stereocenters. The zero-order valence-corrected chi connectivity index (χ0v) is 8.55. The van der Waals surface area contributed by atoms with E-state index in [1.54, 1.807) is 30.5 Å². The van der Waals surface area contributed by atoms with Gasteiger partial charge in [-0.3, -0.25) is 0 Å². The summed E-state index contributed by atoms with van der Waals surface area (Å²) in [7, 11) is 0. The average molecular weight is 228 g/mol. The molecule has 0 aliphatic heterocycles. The molecule has 5 heteroatoms. The molecule has 0 spiro atoms. The Morgan fingerprint density at radius 3 is 2.86 bits per heavy atom. The van der Waals surface area contributed by atoms with E-state index in [4.69, 9.17) is 16.2 Å². The minimum Gasteiger partial charge on any atom is -0.302 e. The van der Waals surface area contributed by atoms with Gasteiger partial charge in [0.1, 0.15) is 5.15 Å². The summed E-state index contributed by atoms with van der Waals surface area (Å²) in [5, 5.41) is 1.93. The van der Waals surface area contributed by atoms with Crippen LogP contribution in [0.2, 0.25) is 5.15 Å². The molecule has 1 atom stereocenters. The molecule has 2 rings (SSSR count). The van der Waals surface area contributed by atoms with Crippen LogP contribution in [0.4, 0.5) is 0 Å². The monoisotopic (exact) mass is 227 g/mol. The van der Waals surface area contributed by atoms with Gasteiger partial charge in [0.25, 0.3) is 0 Å². The maximum Gasteiger partial charge on any atom is 0.186 e. The Labute approximate surface area is 88.0 Å². The molecule has 1 heterocycles. The molecule has 0 radical (unpaired) electrons. The first-order valence-electron chi connectivity index (χ1n) is 3.83. The molecule has 0 aliphatic rings. The van der Waals surface area contributed by atoms with Gasteiger partial charge >= 0.3 is 0 Å². The zero-order chi connectivity index (χ0) is 10.1. The topological polar surface area (TPSA) is 50.2 Å². The van der Waals surface area contributed by atoms with Crippen LogP contribution in [0, 0.1) is 0 Å². The molecule has 3 nitrogen and oxygen atoms in total. The molecule has 1 aromatic carbocycles. The van der Waals surface area contributed by atoms with Crippen LogP contribution in [-0.2, 0) is 11.1 Å². The Morgan fingerprint density at radius 1 is 1.36 bits per heavy atom. The summed E-state index contributed by atoms with van der Waals surface area (Å²) in [6.45, 7) is 0. The Hall–Kier alpha value is -0.970. The van der Waals surface area contributed by atoms with E-state index in [2.05, 4.69) is 4.98 Å². The fourth-order valence-corrected chi connectivity index (χ4v) is 1.84. The molecule has 0 bridgehead atoms. The molecule has 72 valence electrons. The van der Waals surface area contributed by atoms with Crippen molar-refractivity contribution in [1.82, 2.24) is 4.98 Å². The Kier molecular flexibility index (Phi) is 2.50. The molecule has 1 aromatic heterocycles. The fourth-order valence-electron chi connectivity index (χ4n) is 1.22. The molecular formula is C9H6ClNO2S. The van der Waals surface area contributed by atoms with Crippen molar-refractivity contribution in [3.63, 3.8) is 0 Å². The van der Waals surface area contributed by atoms with Gasteiger partial charge in [-0.1, -0.05) is 17.7 Å². The second-order valence-corrected chi connectivity index (χ2v) is 4.06. The predicted octanol–water partition coefficient (Wildman–Crippen LogP) is 2.47. The number of rotatable bonds is 1. The minimum absolute atomic E-state index is 0.326. The molecule has 0 aliphatic carbocycles. The Bertz CT molecular complexity index is 515. The van der Waals surface area contributed by atoms with Crippen molar-refractivity contribution in [2.24, 2.45) is 0 Å². The highest BCUT2D eigenvalue weighted by Crippen LogP contribution is 2.23. The Balaban J connectivity index is 2.76. The summed E-state index contributed by atoms with van der Waals surface area (Å²) in [6, 6.07) is 6.70. The molecule has 0 amide bonds. The summed E-state index contributed by atoms with van der Waals surface area (Å²) >= 11 is 3.86. The first-order chi connectivity index (χ1) is 6.68. The van der Waals surface area contributed by atoms with Crippen molar-refractivity contribution in [3.05, 3.63) is 35.6 Å². The van der Waals surface area contributed by atoms with Crippen LogP contribution in [0.3, 0.4) is 0 Å². The second kappa shape index (κ2) is 3.65. The van der Waals surface area contributed by atoms with Gasteiger partial charge in [-0.05, 0) is 23.6 Å². The van der Waals surface area contributed by atoms with Crippen LogP contribution in [-0.4, -0.2) is 13.7 Å². The molecule has 0 saturated carbocycles. The number of hydrogen-bond donors (Lipinski definition) is 1. The molecule has 0 fully saturated rings. The van der Waals surface area contributed by atoms with E-state index in [1.807, 2.05) is 0 Å². The maximum absolute atomic E-state index is 10.8. The van der Waals surface area contributed by atoms with Gasteiger partial charge in [0.2, 0.25) is 0 Å². The molecule has 0 saturated heterocycles. The van der Waals surface area contributed by atoms with E-state index in [9.17, 15) is 4.21 Å². The number of hydrogen-bond acceptors (Lipinski definition) is 2. The summed E-state index contributed by atoms with van der Waals surface area (Å²) in [4.78, 5) is 4.22. The summed E-state index contributed by atoms with van der Waals surface area (Å²) in [6.07, 6.45) is 1.60. The lowest BCUT2D eigenvalue weighted by Crippen LogP contribution is -1.88. The number of aromatic nitrogens is 1. The average Bonchev–Trinajstić information content (AvgIpc) is 2.18. The van der Waals surface area contributed by atoms with Crippen molar-refractivity contribution in [1.29, 1.82) is 0 Å². The smallest absolute Gasteiger partial charge is 0.186 e. The second-order valence-electron chi connectivity index (χ2n) is 2.73. The van der Waals surface area contributed by atoms with E-state index < -0.39 is 11.1 Å². The van der Waals surface area contributed by atoms with Crippen LogP contribution in [0.5, 0.6) is 0 Å². The lowest BCUT2D eigenvalue weighted by Gasteiger charge is -2.00. The van der Waals surface area contributed by atoms with Crippen molar-refractivity contribution >= 4 is 33.5 Å². The van der Waals surface area contributed by atoms with Crippen LogP contribution in [0.15, 0.2) is 35.4 Å². The zero-order valence-electron chi connectivity index (χ0n) is 6.98. The predicted molar refractivity (Wildman–Crippen MR) is 55.8 cm³/mol. The summed E-state index contributed by atoms with van der Waals surface area (Å²) < 4.78 is 19.7. The number of halogens is 1. The van der Waals surface area contributed by atoms with Gasteiger partial charge in [0.15, 0.2) is 11.1 Å². The third-order valence-electron chi connectivity index (χ3n) is 1.89. The molecule has 2 aromatic rings. The number of fused-ring (bicyclic) bond motifs is 1. The highest BCUT2D eigenvalue weighted by atomic mass is 35.5. The minimum atomic E-state index is -1.98. The SMILES string of the molecule is O=S(O)c1ccc2ccnc(Cl)c2c1. The summed E-state index contributed by atoms with van der Waals surface area (Å²) in [5.41, 5.74) is 0. The summed E-state index contributed by atoms with van der Waals surface area (Å²) in [5.74, 6) is 0. The normalized spacial score (nSPS) is 13.0. The third-order valence-corrected chi connectivity index (χ3v) is 2.85. The first-order valence-corrected chi connectivity index (χ1v) is 5.32. The van der Waals surface area contributed by atoms with Crippen molar-refractivity contribution < 1.29 is 8.76 Å². The van der Waals surface area contributed by atoms with Crippen molar-refractivity contribution in [2.75, 3.05) is 0 Å². The highest BCUT2D eigenvalue weighted by Gasteiger charge is 2.04. The van der Waals surface area contributed by atoms with E-state index in [0.717, 1.165) is 5.39 Å². The number of nitrogens with zero attached hydrogens (tertiary/aromatic N) is 1. The van der Waals surface area contributed by atoms with Gasteiger partial charge in [-0.15, -0.1) is 0 Å². The number of pyridine rings is 1. The highest BCUT2D eigenvalue weighted by molar-refractivity contribution is 7.79.